The third kappa shape index (κ3) is 4.55. The van der Waals surface area contributed by atoms with Crippen molar-refractivity contribution in [3.05, 3.63) is 0 Å². The van der Waals surface area contributed by atoms with Crippen LogP contribution >= 0.6 is 0 Å². The molecule has 0 bridgehead atoms. The van der Waals surface area contributed by atoms with Crippen LogP contribution in [0.15, 0.2) is 0 Å². The number of carbonyl (C=O) groups excluding carboxylic acids is 1. The van der Waals surface area contributed by atoms with Crippen LogP contribution in [0.25, 0.3) is 0 Å². The molecule has 0 radical (unpaired) electrons. The van der Waals surface area contributed by atoms with Crippen molar-refractivity contribution in [2.75, 3.05) is 12.0 Å². The quantitative estimate of drug-likeness (QED) is 0.747. The van der Waals surface area contributed by atoms with Crippen molar-refractivity contribution in [3.8, 4) is 0 Å². The third-order valence-electron chi connectivity index (χ3n) is 4.00. The molecule has 20 heavy (non-hydrogen) atoms. The predicted molar refractivity (Wildman–Crippen MR) is 84.9 cm³/mol. The molecule has 4 atom stereocenters. The van der Waals surface area contributed by atoms with Crippen molar-refractivity contribution in [1.29, 1.82) is 0 Å². The summed E-state index contributed by atoms with van der Waals surface area (Å²) in [7, 11) is -0.791. The maximum atomic E-state index is 12.6. The number of hydrogen-bond donors (Lipinski definition) is 1. The summed E-state index contributed by atoms with van der Waals surface area (Å²) in [6.45, 7) is 8.51. The predicted octanol–water partition coefficient (Wildman–Crippen LogP) is 2.12. The Morgan fingerprint density at radius 2 is 2.00 bits per heavy atom. The number of nitrogens with zero attached hydrogens (tertiary/aromatic N) is 1. The summed E-state index contributed by atoms with van der Waals surface area (Å²) in [5, 5.41) is 3.49. The number of nitrogens with one attached hydrogen (secondary N) is 1. The molecule has 1 saturated heterocycles. The van der Waals surface area contributed by atoms with E-state index in [9.17, 15) is 9.00 Å². The average molecular weight is 302 g/mol. The first-order chi connectivity index (χ1) is 9.38. The number of carbonyl (C=O) groups is 1. The Kier molecular flexibility index (Phi) is 7.17. The van der Waals surface area contributed by atoms with Gasteiger partial charge in [0.05, 0.1) is 12.2 Å². The minimum atomic E-state index is -0.791. The molecule has 1 amide bonds. The van der Waals surface area contributed by atoms with Crippen molar-refractivity contribution in [2.24, 2.45) is 5.92 Å². The zero-order valence-electron chi connectivity index (χ0n) is 13.5. The lowest BCUT2D eigenvalue weighted by molar-refractivity contribution is -0.132. The first kappa shape index (κ1) is 17.6. The van der Waals surface area contributed by atoms with Crippen LogP contribution in [-0.4, -0.2) is 45.3 Å². The van der Waals surface area contributed by atoms with Gasteiger partial charge in [-0.25, -0.2) is 0 Å². The number of amides is 1. The van der Waals surface area contributed by atoms with Crippen LogP contribution in [-0.2, 0) is 15.6 Å². The van der Waals surface area contributed by atoms with E-state index in [0.717, 1.165) is 25.7 Å². The Morgan fingerprint density at radius 3 is 2.50 bits per heavy atom. The zero-order valence-corrected chi connectivity index (χ0v) is 14.3. The standard InChI is InChI=1S/C15H30N2O2S/c1-6-7-8-13-15(18)17(14(16-13)11(2)3)12(4)9-10-20(5)19/h11-14,16H,6-10H2,1-5H3. The Labute approximate surface area is 126 Å². The second-order valence-electron chi connectivity index (χ2n) is 6.21. The van der Waals surface area contributed by atoms with Crippen LogP contribution in [0.1, 0.15) is 53.4 Å². The van der Waals surface area contributed by atoms with Crippen LogP contribution in [0.2, 0.25) is 0 Å². The van der Waals surface area contributed by atoms with Gasteiger partial charge in [0.2, 0.25) is 5.91 Å². The largest absolute Gasteiger partial charge is 0.323 e. The summed E-state index contributed by atoms with van der Waals surface area (Å²) in [6.07, 6.45) is 5.75. The molecule has 1 rings (SSSR count). The van der Waals surface area contributed by atoms with Gasteiger partial charge in [0.15, 0.2) is 0 Å². The molecule has 0 saturated carbocycles. The fraction of sp³-hybridized carbons (Fsp3) is 0.933. The lowest BCUT2D eigenvalue weighted by atomic mass is 10.1. The Morgan fingerprint density at radius 1 is 1.35 bits per heavy atom. The van der Waals surface area contributed by atoms with Crippen LogP contribution in [0.5, 0.6) is 0 Å². The van der Waals surface area contributed by atoms with Crippen LogP contribution in [0.3, 0.4) is 0 Å². The smallest absolute Gasteiger partial charge is 0.241 e. The van der Waals surface area contributed by atoms with Crippen molar-refractivity contribution in [2.45, 2.75) is 71.6 Å². The van der Waals surface area contributed by atoms with E-state index in [4.69, 9.17) is 0 Å². The summed E-state index contributed by atoms with van der Waals surface area (Å²) in [5.74, 6) is 1.28. The Hall–Kier alpha value is -0.420. The molecule has 1 fully saturated rings. The lowest BCUT2D eigenvalue weighted by Gasteiger charge is -2.32. The minimum absolute atomic E-state index is 0.0306. The van der Waals surface area contributed by atoms with E-state index in [1.165, 1.54) is 0 Å². The van der Waals surface area contributed by atoms with Gasteiger partial charge in [0.1, 0.15) is 0 Å². The fourth-order valence-corrected chi connectivity index (χ4v) is 3.44. The molecule has 5 heteroatoms. The summed E-state index contributed by atoms with van der Waals surface area (Å²) in [6, 6.07) is 0.120. The van der Waals surface area contributed by atoms with E-state index in [1.807, 2.05) is 4.90 Å². The summed E-state index contributed by atoms with van der Waals surface area (Å²) < 4.78 is 11.3. The van der Waals surface area contributed by atoms with Gasteiger partial charge in [-0.1, -0.05) is 33.6 Å². The van der Waals surface area contributed by atoms with Gasteiger partial charge in [0.25, 0.3) is 0 Å². The zero-order chi connectivity index (χ0) is 15.3. The molecule has 1 N–H and O–H groups in total. The number of rotatable bonds is 8. The second kappa shape index (κ2) is 8.13. The van der Waals surface area contributed by atoms with Gasteiger partial charge >= 0.3 is 0 Å². The van der Waals surface area contributed by atoms with E-state index >= 15 is 0 Å². The molecule has 0 aromatic carbocycles. The van der Waals surface area contributed by atoms with Gasteiger partial charge < -0.3 is 4.90 Å². The highest BCUT2D eigenvalue weighted by molar-refractivity contribution is 7.84. The highest BCUT2D eigenvalue weighted by Gasteiger charge is 2.41. The SMILES string of the molecule is CCCCC1NC(C(C)C)N(C(C)CCS(C)=O)C1=O. The molecule has 118 valence electrons. The molecule has 1 aliphatic heterocycles. The maximum Gasteiger partial charge on any atom is 0.241 e. The van der Waals surface area contributed by atoms with Crippen molar-refractivity contribution in [1.82, 2.24) is 10.2 Å². The van der Waals surface area contributed by atoms with Crippen molar-refractivity contribution < 1.29 is 9.00 Å². The van der Waals surface area contributed by atoms with E-state index in [1.54, 1.807) is 6.26 Å². The van der Waals surface area contributed by atoms with E-state index in [2.05, 4.69) is 33.0 Å². The van der Waals surface area contributed by atoms with Gasteiger partial charge in [-0.3, -0.25) is 14.3 Å². The fourth-order valence-electron chi connectivity index (χ4n) is 2.77. The minimum Gasteiger partial charge on any atom is -0.323 e. The highest BCUT2D eigenvalue weighted by atomic mass is 32.2. The Bertz CT molecular complexity index is 347. The molecule has 0 aliphatic carbocycles. The number of unbranched alkanes of at least 4 members (excludes halogenated alkanes) is 1. The van der Waals surface area contributed by atoms with Gasteiger partial charge in [-0.2, -0.15) is 0 Å². The molecule has 0 aromatic rings. The lowest BCUT2D eigenvalue weighted by Crippen LogP contribution is -2.46. The molecule has 4 nitrogen and oxygen atoms in total. The van der Waals surface area contributed by atoms with Crippen molar-refractivity contribution >= 4 is 16.7 Å². The topological polar surface area (TPSA) is 49.4 Å². The highest BCUT2D eigenvalue weighted by Crippen LogP contribution is 2.24. The monoisotopic (exact) mass is 302 g/mol. The molecular formula is C15H30N2O2S. The molecule has 0 aromatic heterocycles. The second-order valence-corrected chi connectivity index (χ2v) is 7.77. The van der Waals surface area contributed by atoms with Crippen LogP contribution in [0.4, 0.5) is 0 Å². The van der Waals surface area contributed by atoms with Crippen LogP contribution in [0, 0.1) is 5.92 Å². The average Bonchev–Trinajstić information content (AvgIpc) is 2.71. The molecule has 1 heterocycles. The van der Waals surface area contributed by atoms with E-state index in [-0.39, 0.29) is 24.2 Å². The summed E-state index contributed by atoms with van der Waals surface area (Å²) in [5.41, 5.74) is 0. The molecule has 1 aliphatic rings. The normalized spacial score (nSPS) is 26.3. The molecule has 0 spiro atoms. The van der Waals surface area contributed by atoms with Crippen LogP contribution < -0.4 is 5.32 Å². The summed E-state index contributed by atoms with van der Waals surface area (Å²) in [4.78, 5) is 14.6. The summed E-state index contributed by atoms with van der Waals surface area (Å²) >= 11 is 0. The maximum absolute atomic E-state index is 12.6. The first-order valence-electron chi connectivity index (χ1n) is 7.76. The van der Waals surface area contributed by atoms with Crippen molar-refractivity contribution in [3.63, 3.8) is 0 Å². The third-order valence-corrected chi connectivity index (χ3v) is 4.81. The van der Waals surface area contributed by atoms with E-state index < -0.39 is 10.8 Å². The van der Waals surface area contributed by atoms with Gasteiger partial charge in [-0.05, 0) is 25.7 Å². The molecular weight excluding hydrogens is 272 g/mol. The van der Waals surface area contributed by atoms with Gasteiger partial charge in [-0.15, -0.1) is 0 Å². The Balaban J connectivity index is 2.73. The molecule has 4 unspecified atom stereocenters. The van der Waals surface area contributed by atoms with E-state index in [0.29, 0.717) is 11.7 Å². The van der Waals surface area contributed by atoms with Gasteiger partial charge in [0, 0.05) is 28.9 Å². The first-order valence-corrected chi connectivity index (χ1v) is 9.49. The number of hydrogen-bond acceptors (Lipinski definition) is 3.